The molecule has 1 aromatic carbocycles. The fourth-order valence-electron chi connectivity index (χ4n) is 2.34. The van der Waals surface area contributed by atoms with Gasteiger partial charge in [0, 0.05) is 26.1 Å². The van der Waals surface area contributed by atoms with E-state index in [1.54, 1.807) is 11.0 Å². The first-order chi connectivity index (χ1) is 10.6. The maximum absolute atomic E-state index is 11.8. The molecule has 0 bridgehead atoms. The van der Waals surface area contributed by atoms with Gasteiger partial charge in [0.05, 0.1) is 0 Å². The zero-order chi connectivity index (χ0) is 15.9. The van der Waals surface area contributed by atoms with Gasteiger partial charge in [0.1, 0.15) is 12.4 Å². The maximum atomic E-state index is 11.8. The van der Waals surface area contributed by atoms with Crippen LogP contribution in [0.5, 0.6) is 5.75 Å². The first kappa shape index (κ1) is 16.3. The molecule has 1 aliphatic heterocycles. The summed E-state index contributed by atoms with van der Waals surface area (Å²) in [4.78, 5) is 24.9. The Hall–Kier alpha value is -2.08. The second kappa shape index (κ2) is 7.79. The molecule has 6 heteroatoms. The van der Waals surface area contributed by atoms with Gasteiger partial charge in [0.15, 0.2) is 6.10 Å². The van der Waals surface area contributed by atoms with Gasteiger partial charge >= 0.3 is 0 Å². The van der Waals surface area contributed by atoms with Gasteiger partial charge in [-0.05, 0) is 25.0 Å². The predicted octanol–water partition coefficient (Wildman–Crippen LogP) is 0.473. The molecule has 120 valence electrons. The Morgan fingerprint density at radius 3 is 2.91 bits per heavy atom. The molecule has 1 saturated heterocycles. The smallest absolute Gasteiger partial charge is 0.252 e. The molecule has 1 aromatic rings. The number of nitrogens with one attached hydrogen (secondary N) is 1. The number of likely N-dealkylation sites (tertiary alicyclic amines) is 1. The normalized spacial score (nSPS) is 15.7. The van der Waals surface area contributed by atoms with Crippen LogP contribution in [0.4, 0.5) is 0 Å². The summed E-state index contributed by atoms with van der Waals surface area (Å²) in [5, 5.41) is 12.4. The van der Waals surface area contributed by atoms with Crippen molar-refractivity contribution in [2.24, 2.45) is 0 Å². The van der Waals surface area contributed by atoms with Gasteiger partial charge in [-0.2, -0.15) is 0 Å². The highest BCUT2D eigenvalue weighted by atomic mass is 16.5. The number of amides is 2. The summed E-state index contributed by atoms with van der Waals surface area (Å²) >= 11 is 0. The summed E-state index contributed by atoms with van der Waals surface area (Å²) in [7, 11) is 0. The molecule has 0 unspecified atom stereocenters. The Labute approximate surface area is 130 Å². The zero-order valence-electron chi connectivity index (χ0n) is 12.7. The van der Waals surface area contributed by atoms with Crippen LogP contribution in [0.25, 0.3) is 0 Å². The Morgan fingerprint density at radius 2 is 2.23 bits per heavy atom. The van der Waals surface area contributed by atoms with E-state index in [1.165, 1.54) is 0 Å². The lowest BCUT2D eigenvalue weighted by atomic mass is 10.2. The number of aliphatic hydroxyl groups is 1. The number of hydrogen-bond donors (Lipinski definition) is 2. The van der Waals surface area contributed by atoms with Crippen LogP contribution in [-0.2, 0) is 9.59 Å². The van der Waals surface area contributed by atoms with E-state index in [4.69, 9.17) is 4.74 Å². The molecule has 6 nitrogen and oxygen atoms in total. The monoisotopic (exact) mass is 306 g/mol. The third-order valence-electron chi connectivity index (χ3n) is 3.65. The number of ether oxygens (including phenoxy) is 1. The van der Waals surface area contributed by atoms with Crippen molar-refractivity contribution in [2.75, 3.05) is 26.2 Å². The zero-order valence-corrected chi connectivity index (χ0v) is 12.7. The lowest BCUT2D eigenvalue weighted by molar-refractivity contribution is -0.132. The molecule has 0 radical (unpaired) electrons. The molecule has 0 aliphatic carbocycles. The third kappa shape index (κ3) is 4.46. The summed E-state index contributed by atoms with van der Waals surface area (Å²) in [5.74, 6) is 0.287. The highest BCUT2D eigenvalue weighted by Crippen LogP contribution is 2.16. The Kier molecular flexibility index (Phi) is 5.77. The van der Waals surface area contributed by atoms with Crippen LogP contribution >= 0.6 is 0 Å². The molecule has 0 spiro atoms. The standard InChI is InChI=1S/C16H22N2O4/c1-12-5-2-3-6-14(12)22-11-13(19)16(21)17-8-10-18-9-4-7-15(18)20/h2-3,5-6,13,19H,4,7-11H2,1H3,(H,17,21)/t13-/m0/s1. The molecule has 0 saturated carbocycles. The van der Waals surface area contributed by atoms with E-state index < -0.39 is 12.0 Å². The third-order valence-corrected chi connectivity index (χ3v) is 3.65. The number of nitrogens with zero attached hydrogens (tertiary/aromatic N) is 1. The van der Waals surface area contributed by atoms with Crippen molar-refractivity contribution in [1.29, 1.82) is 0 Å². The minimum Gasteiger partial charge on any atom is -0.490 e. The van der Waals surface area contributed by atoms with Crippen molar-refractivity contribution in [3.63, 3.8) is 0 Å². The lowest BCUT2D eigenvalue weighted by Crippen LogP contribution is -2.42. The molecule has 2 amide bonds. The van der Waals surface area contributed by atoms with Gasteiger partial charge in [0.25, 0.3) is 5.91 Å². The van der Waals surface area contributed by atoms with E-state index in [2.05, 4.69) is 5.32 Å². The minimum absolute atomic E-state index is 0.0979. The Morgan fingerprint density at radius 1 is 1.45 bits per heavy atom. The molecule has 0 aromatic heterocycles. The summed E-state index contributed by atoms with van der Waals surface area (Å²) in [5.41, 5.74) is 0.947. The molecule has 2 rings (SSSR count). The molecule has 1 fully saturated rings. The number of aliphatic hydroxyl groups excluding tert-OH is 1. The number of rotatable bonds is 7. The number of benzene rings is 1. The second-order valence-electron chi connectivity index (χ2n) is 5.37. The molecule has 2 N–H and O–H groups in total. The molecule has 1 heterocycles. The molecule has 1 atom stereocenters. The van der Waals surface area contributed by atoms with Crippen molar-refractivity contribution in [2.45, 2.75) is 25.9 Å². The lowest BCUT2D eigenvalue weighted by Gasteiger charge is -2.17. The van der Waals surface area contributed by atoms with E-state index >= 15 is 0 Å². The molecular weight excluding hydrogens is 284 g/mol. The first-order valence-electron chi connectivity index (χ1n) is 7.50. The largest absolute Gasteiger partial charge is 0.490 e. The van der Waals surface area contributed by atoms with Crippen LogP contribution in [0.2, 0.25) is 0 Å². The van der Waals surface area contributed by atoms with Crippen molar-refractivity contribution in [3.8, 4) is 5.75 Å². The van der Waals surface area contributed by atoms with Gasteiger partial charge in [-0.15, -0.1) is 0 Å². The van der Waals surface area contributed by atoms with Gasteiger partial charge in [-0.1, -0.05) is 18.2 Å². The molecular formula is C16H22N2O4. The topological polar surface area (TPSA) is 78.9 Å². The number of carbonyl (C=O) groups excluding carboxylic acids is 2. The summed E-state index contributed by atoms with van der Waals surface area (Å²) in [6, 6.07) is 7.42. The van der Waals surface area contributed by atoms with Crippen LogP contribution in [0.1, 0.15) is 18.4 Å². The van der Waals surface area contributed by atoms with Crippen molar-refractivity contribution in [3.05, 3.63) is 29.8 Å². The Balaban J connectivity index is 1.68. The van der Waals surface area contributed by atoms with E-state index in [-0.39, 0.29) is 12.5 Å². The van der Waals surface area contributed by atoms with Gasteiger partial charge in [0.2, 0.25) is 5.91 Å². The van der Waals surface area contributed by atoms with Crippen molar-refractivity contribution >= 4 is 11.8 Å². The van der Waals surface area contributed by atoms with E-state index in [1.807, 2.05) is 25.1 Å². The van der Waals surface area contributed by atoms with Crippen LogP contribution in [0.3, 0.4) is 0 Å². The summed E-state index contributed by atoms with van der Waals surface area (Å²) in [6.07, 6.45) is 0.231. The second-order valence-corrected chi connectivity index (χ2v) is 5.37. The number of aryl methyl sites for hydroxylation is 1. The van der Waals surface area contributed by atoms with E-state index in [0.29, 0.717) is 25.3 Å². The SMILES string of the molecule is Cc1ccccc1OC[C@H](O)C(=O)NCCN1CCCC1=O. The van der Waals surface area contributed by atoms with E-state index in [0.717, 1.165) is 18.5 Å². The average molecular weight is 306 g/mol. The molecule has 1 aliphatic rings. The average Bonchev–Trinajstić information content (AvgIpc) is 2.91. The van der Waals surface area contributed by atoms with Crippen LogP contribution in [0.15, 0.2) is 24.3 Å². The molecule has 22 heavy (non-hydrogen) atoms. The minimum atomic E-state index is -1.23. The van der Waals surface area contributed by atoms with Crippen LogP contribution in [-0.4, -0.2) is 54.2 Å². The number of hydrogen-bond acceptors (Lipinski definition) is 4. The first-order valence-corrected chi connectivity index (χ1v) is 7.50. The Bertz CT molecular complexity index is 533. The van der Waals surface area contributed by atoms with Crippen molar-refractivity contribution in [1.82, 2.24) is 10.2 Å². The predicted molar refractivity (Wildman–Crippen MR) is 81.5 cm³/mol. The van der Waals surface area contributed by atoms with Gasteiger partial charge in [-0.25, -0.2) is 0 Å². The van der Waals surface area contributed by atoms with Gasteiger partial charge in [-0.3, -0.25) is 9.59 Å². The summed E-state index contributed by atoms with van der Waals surface area (Å²) < 4.78 is 5.44. The number of carbonyl (C=O) groups is 2. The number of para-hydroxylation sites is 1. The van der Waals surface area contributed by atoms with Gasteiger partial charge < -0.3 is 20.1 Å². The van der Waals surface area contributed by atoms with Crippen LogP contribution in [0, 0.1) is 6.92 Å². The van der Waals surface area contributed by atoms with Crippen molar-refractivity contribution < 1.29 is 19.4 Å². The van der Waals surface area contributed by atoms with E-state index in [9.17, 15) is 14.7 Å². The van der Waals surface area contributed by atoms with Crippen LogP contribution < -0.4 is 10.1 Å². The highest BCUT2D eigenvalue weighted by molar-refractivity contribution is 5.81. The maximum Gasteiger partial charge on any atom is 0.252 e. The fraction of sp³-hybridized carbons (Fsp3) is 0.500. The quantitative estimate of drug-likeness (QED) is 0.768. The highest BCUT2D eigenvalue weighted by Gasteiger charge is 2.20. The summed E-state index contributed by atoms with van der Waals surface area (Å²) in [6.45, 7) is 3.36. The fourth-order valence-corrected chi connectivity index (χ4v) is 2.34.